The SMILES string of the molecule is CC(C)C(CNCCn1ccc(=O)[nH]c1=O)c1ccccc1. The number of hydrogen-bond donors (Lipinski definition) is 2. The van der Waals surface area contributed by atoms with Gasteiger partial charge in [0.15, 0.2) is 0 Å². The Morgan fingerprint density at radius 3 is 2.50 bits per heavy atom. The maximum atomic E-state index is 11.6. The van der Waals surface area contributed by atoms with Gasteiger partial charge in [0.05, 0.1) is 0 Å². The van der Waals surface area contributed by atoms with Crippen LogP contribution in [0.5, 0.6) is 0 Å². The number of hydrogen-bond acceptors (Lipinski definition) is 3. The Bertz CT molecular complexity index is 689. The third kappa shape index (κ3) is 4.43. The second kappa shape index (κ2) is 7.75. The summed E-state index contributed by atoms with van der Waals surface area (Å²) in [6.07, 6.45) is 1.53. The molecule has 0 amide bonds. The Morgan fingerprint density at radius 1 is 1.14 bits per heavy atom. The van der Waals surface area contributed by atoms with E-state index in [0.29, 0.717) is 24.9 Å². The van der Waals surface area contributed by atoms with Crippen molar-refractivity contribution in [1.29, 1.82) is 0 Å². The van der Waals surface area contributed by atoms with Crippen LogP contribution < -0.4 is 16.6 Å². The predicted molar refractivity (Wildman–Crippen MR) is 88.2 cm³/mol. The molecule has 0 spiro atoms. The Labute approximate surface area is 130 Å². The van der Waals surface area contributed by atoms with Gasteiger partial charge in [0, 0.05) is 31.9 Å². The van der Waals surface area contributed by atoms with Crippen LogP contribution in [0.4, 0.5) is 0 Å². The van der Waals surface area contributed by atoms with Crippen molar-refractivity contribution in [2.45, 2.75) is 26.3 Å². The fraction of sp³-hybridized carbons (Fsp3) is 0.412. The molecule has 1 aromatic heterocycles. The smallest absolute Gasteiger partial charge is 0.314 e. The zero-order valence-electron chi connectivity index (χ0n) is 13.1. The number of aromatic amines is 1. The van der Waals surface area contributed by atoms with Crippen molar-refractivity contribution in [3.63, 3.8) is 0 Å². The number of rotatable bonds is 7. The highest BCUT2D eigenvalue weighted by Gasteiger charge is 2.14. The van der Waals surface area contributed by atoms with Crippen LogP contribution in [0.25, 0.3) is 0 Å². The number of aromatic nitrogens is 2. The van der Waals surface area contributed by atoms with Gasteiger partial charge in [-0.25, -0.2) is 4.79 Å². The summed E-state index contributed by atoms with van der Waals surface area (Å²) in [7, 11) is 0. The first kappa shape index (κ1) is 16.2. The van der Waals surface area contributed by atoms with E-state index in [1.54, 1.807) is 0 Å². The minimum atomic E-state index is -0.363. The lowest BCUT2D eigenvalue weighted by molar-refractivity contribution is 0.451. The monoisotopic (exact) mass is 301 g/mol. The molecule has 0 aliphatic heterocycles. The Hall–Kier alpha value is -2.14. The second-order valence-corrected chi connectivity index (χ2v) is 5.77. The fourth-order valence-corrected chi connectivity index (χ4v) is 2.52. The topological polar surface area (TPSA) is 66.9 Å². The number of nitrogens with zero attached hydrogens (tertiary/aromatic N) is 1. The summed E-state index contributed by atoms with van der Waals surface area (Å²) < 4.78 is 1.50. The molecule has 118 valence electrons. The minimum Gasteiger partial charge on any atom is -0.314 e. The molecule has 2 N–H and O–H groups in total. The summed E-state index contributed by atoms with van der Waals surface area (Å²) >= 11 is 0. The van der Waals surface area contributed by atoms with Gasteiger partial charge >= 0.3 is 5.69 Å². The van der Waals surface area contributed by atoms with E-state index >= 15 is 0 Å². The van der Waals surface area contributed by atoms with E-state index in [0.717, 1.165) is 6.54 Å². The first-order chi connectivity index (χ1) is 10.6. The van der Waals surface area contributed by atoms with E-state index in [4.69, 9.17) is 0 Å². The van der Waals surface area contributed by atoms with Crippen LogP contribution >= 0.6 is 0 Å². The molecule has 0 aliphatic rings. The molecule has 5 nitrogen and oxygen atoms in total. The highest BCUT2D eigenvalue weighted by Crippen LogP contribution is 2.23. The van der Waals surface area contributed by atoms with Crippen LogP contribution in [-0.2, 0) is 6.54 Å². The van der Waals surface area contributed by atoms with Gasteiger partial charge in [-0.15, -0.1) is 0 Å². The molecule has 5 heteroatoms. The number of H-pyrrole nitrogens is 1. The molecule has 1 aromatic carbocycles. The Kier molecular flexibility index (Phi) is 5.72. The molecule has 1 heterocycles. The summed E-state index contributed by atoms with van der Waals surface area (Å²) in [6, 6.07) is 11.8. The summed E-state index contributed by atoms with van der Waals surface area (Å²) in [4.78, 5) is 24.8. The van der Waals surface area contributed by atoms with Gasteiger partial charge in [0.25, 0.3) is 5.56 Å². The van der Waals surface area contributed by atoms with Crippen molar-refractivity contribution >= 4 is 0 Å². The van der Waals surface area contributed by atoms with Gasteiger partial charge in [-0.05, 0) is 17.4 Å². The van der Waals surface area contributed by atoms with Gasteiger partial charge in [-0.1, -0.05) is 44.2 Å². The molecule has 0 saturated heterocycles. The molecule has 0 bridgehead atoms. The van der Waals surface area contributed by atoms with Gasteiger partial charge < -0.3 is 5.32 Å². The van der Waals surface area contributed by atoms with Crippen LogP contribution in [0.2, 0.25) is 0 Å². The quantitative estimate of drug-likeness (QED) is 0.763. The standard InChI is InChI=1S/C17H23N3O2/c1-13(2)15(14-6-4-3-5-7-14)12-18-9-11-20-10-8-16(21)19-17(20)22/h3-8,10,13,15,18H,9,11-12H2,1-2H3,(H,19,21,22). The molecule has 22 heavy (non-hydrogen) atoms. The van der Waals surface area contributed by atoms with Gasteiger partial charge in [0.2, 0.25) is 0 Å². The molecule has 2 rings (SSSR count). The van der Waals surface area contributed by atoms with E-state index in [2.05, 4.69) is 48.4 Å². The van der Waals surface area contributed by atoms with Crippen molar-refractivity contribution in [2.75, 3.05) is 13.1 Å². The summed E-state index contributed by atoms with van der Waals surface area (Å²) in [6.45, 7) is 6.51. The zero-order chi connectivity index (χ0) is 15.9. The molecule has 1 atom stereocenters. The summed E-state index contributed by atoms with van der Waals surface area (Å²) in [5.41, 5.74) is 0.599. The average Bonchev–Trinajstić information content (AvgIpc) is 2.49. The zero-order valence-corrected chi connectivity index (χ0v) is 13.1. The van der Waals surface area contributed by atoms with Crippen molar-refractivity contribution in [1.82, 2.24) is 14.9 Å². The van der Waals surface area contributed by atoms with Crippen molar-refractivity contribution in [3.05, 3.63) is 69.0 Å². The molecular formula is C17H23N3O2. The molecule has 0 radical (unpaired) electrons. The van der Waals surface area contributed by atoms with E-state index < -0.39 is 0 Å². The third-order valence-corrected chi connectivity index (χ3v) is 3.82. The van der Waals surface area contributed by atoms with E-state index in [1.807, 2.05) is 6.07 Å². The maximum Gasteiger partial charge on any atom is 0.328 e. The highest BCUT2D eigenvalue weighted by molar-refractivity contribution is 5.20. The largest absolute Gasteiger partial charge is 0.328 e. The van der Waals surface area contributed by atoms with Gasteiger partial charge in [-0.3, -0.25) is 14.3 Å². The van der Waals surface area contributed by atoms with Crippen LogP contribution in [0.15, 0.2) is 52.2 Å². The number of benzene rings is 1. The first-order valence-corrected chi connectivity index (χ1v) is 7.63. The molecule has 0 aliphatic carbocycles. The van der Waals surface area contributed by atoms with E-state index in [9.17, 15) is 9.59 Å². The maximum absolute atomic E-state index is 11.6. The van der Waals surface area contributed by atoms with Gasteiger partial charge in [0.1, 0.15) is 0 Å². The molecular weight excluding hydrogens is 278 g/mol. The lowest BCUT2D eigenvalue weighted by atomic mass is 9.88. The van der Waals surface area contributed by atoms with Crippen molar-refractivity contribution in [2.24, 2.45) is 5.92 Å². The fourth-order valence-electron chi connectivity index (χ4n) is 2.52. The van der Waals surface area contributed by atoms with Crippen LogP contribution in [0.1, 0.15) is 25.3 Å². The predicted octanol–water partition coefficient (Wildman–Crippen LogP) is 1.57. The van der Waals surface area contributed by atoms with E-state index in [-0.39, 0.29) is 11.2 Å². The summed E-state index contributed by atoms with van der Waals surface area (Å²) in [5, 5.41) is 3.40. The Balaban J connectivity index is 1.89. The normalized spacial score (nSPS) is 12.5. The molecule has 0 fully saturated rings. The minimum absolute atomic E-state index is 0.363. The Morgan fingerprint density at radius 2 is 1.86 bits per heavy atom. The molecule has 1 unspecified atom stereocenters. The van der Waals surface area contributed by atoms with Crippen LogP contribution in [0.3, 0.4) is 0 Å². The number of nitrogens with one attached hydrogen (secondary N) is 2. The third-order valence-electron chi connectivity index (χ3n) is 3.82. The summed E-state index contributed by atoms with van der Waals surface area (Å²) in [5.74, 6) is 0.971. The second-order valence-electron chi connectivity index (χ2n) is 5.77. The molecule has 0 saturated carbocycles. The van der Waals surface area contributed by atoms with Crippen molar-refractivity contribution < 1.29 is 0 Å². The van der Waals surface area contributed by atoms with Crippen LogP contribution in [0, 0.1) is 5.92 Å². The lowest BCUT2D eigenvalue weighted by Crippen LogP contribution is -2.33. The average molecular weight is 301 g/mol. The molecule has 2 aromatic rings. The first-order valence-electron chi connectivity index (χ1n) is 7.63. The highest BCUT2D eigenvalue weighted by atomic mass is 16.2. The lowest BCUT2D eigenvalue weighted by Gasteiger charge is -2.22. The van der Waals surface area contributed by atoms with Gasteiger partial charge in [-0.2, -0.15) is 0 Å². The van der Waals surface area contributed by atoms with Crippen LogP contribution in [-0.4, -0.2) is 22.6 Å². The van der Waals surface area contributed by atoms with E-state index in [1.165, 1.54) is 22.4 Å². The van der Waals surface area contributed by atoms with Crippen molar-refractivity contribution in [3.8, 4) is 0 Å².